The molecule has 0 saturated carbocycles. The van der Waals surface area contributed by atoms with E-state index in [2.05, 4.69) is 35.5 Å². The molecule has 0 aromatic carbocycles. The predicted molar refractivity (Wildman–Crippen MR) is 55.3 cm³/mol. The molecule has 1 aromatic heterocycles. The van der Waals surface area contributed by atoms with Crippen LogP contribution >= 0.6 is 0 Å². The van der Waals surface area contributed by atoms with Crippen LogP contribution in [-0.4, -0.2) is 28.5 Å². The lowest BCUT2D eigenvalue weighted by molar-refractivity contribution is 0.180. The van der Waals surface area contributed by atoms with Gasteiger partial charge in [-0.25, -0.2) is 0 Å². The van der Waals surface area contributed by atoms with Crippen molar-refractivity contribution in [3.05, 3.63) is 12.2 Å². The van der Waals surface area contributed by atoms with Gasteiger partial charge < -0.3 is 9.30 Å². The molecule has 0 aliphatic rings. The largest absolute Gasteiger partial charge is 0.385 e. The SMILES string of the molecule is COCCC(C)n1cnnc1C(C)C. The van der Waals surface area contributed by atoms with E-state index in [1.807, 2.05) is 0 Å². The highest BCUT2D eigenvalue weighted by molar-refractivity contribution is 4.94. The summed E-state index contributed by atoms with van der Waals surface area (Å²) >= 11 is 0. The van der Waals surface area contributed by atoms with Crippen LogP contribution in [-0.2, 0) is 4.74 Å². The molecule has 0 bridgehead atoms. The molecule has 0 saturated heterocycles. The molecular weight excluding hydrogens is 178 g/mol. The number of hydrogen-bond acceptors (Lipinski definition) is 3. The van der Waals surface area contributed by atoms with Crippen molar-refractivity contribution >= 4 is 0 Å². The second-order valence-corrected chi connectivity index (χ2v) is 3.88. The molecule has 0 radical (unpaired) electrons. The minimum atomic E-state index is 0.405. The van der Waals surface area contributed by atoms with Crippen molar-refractivity contribution in [2.24, 2.45) is 0 Å². The van der Waals surface area contributed by atoms with Crippen LogP contribution in [0.4, 0.5) is 0 Å². The van der Waals surface area contributed by atoms with Crippen molar-refractivity contribution < 1.29 is 4.74 Å². The van der Waals surface area contributed by atoms with Gasteiger partial charge in [-0.15, -0.1) is 10.2 Å². The molecule has 0 fully saturated rings. The summed E-state index contributed by atoms with van der Waals surface area (Å²) in [4.78, 5) is 0. The first-order chi connectivity index (χ1) is 6.66. The quantitative estimate of drug-likeness (QED) is 0.724. The van der Waals surface area contributed by atoms with E-state index >= 15 is 0 Å². The van der Waals surface area contributed by atoms with E-state index in [9.17, 15) is 0 Å². The Morgan fingerprint density at radius 3 is 2.71 bits per heavy atom. The van der Waals surface area contributed by atoms with Gasteiger partial charge in [0.15, 0.2) is 0 Å². The highest BCUT2D eigenvalue weighted by atomic mass is 16.5. The van der Waals surface area contributed by atoms with E-state index in [0.717, 1.165) is 18.9 Å². The molecule has 0 aliphatic carbocycles. The van der Waals surface area contributed by atoms with E-state index in [1.165, 1.54) is 0 Å². The van der Waals surface area contributed by atoms with Gasteiger partial charge in [0, 0.05) is 25.7 Å². The zero-order chi connectivity index (χ0) is 10.6. The molecule has 1 atom stereocenters. The Balaban J connectivity index is 2.68. The van der Waals surface area contributed by atoms with Gasteiger partial charge in [-0.3, -0.25) is 0 Å². The number of hydrogen-bond donors (Lipinski definition) is 0. The van der Waals surface area contributed by atoms with E-state index in [0.29, 0.717) is 12.0 Å². The zero-order valence-corrected chi connectivity index (χ0v) is 9.40. The van der Waals surface area contributed by atoms with Gasteiger partial charge in [0.05, 0.1) is 0 Å². The maximum Gasteiger partial charge on any atom is 0.135 e. The molecule has 80 valence electrons. The molecule has 1 aromatic rings. The summed E-state index contributed by atoms with van der Waals surface area (Å²) in [6, 6.07) is 0.405. The maximum atomic E-state index is 5.06. The Kier molecular flexibility index (Phi) is 4.07. The highest BCUT2D eigenvalue weighted by Gasteiger charge is 2.13. The van der Waals surface area contributed by atoms with Crippen LogP contribution in [0.2, 0.25) is 0 Å². The van der Waals surface area contributed by atoms with Crippen molar-refractivity contribution in [1.82, 2.24) is 14.8 Å². The molecule has 4 heteroatoms. The summed E-state index contributed by atoms with van der Waals surface area (Å²) in [5, 5.41) is 8.06. The molecule has 0 spiro atoms. The number of rotatable bonds is 5. The summed E-state index contributed by atoms with van der Waals surface area (Å²) in [5.74, 6) is 1.47. The summed E-state index contributed by atoms with van der Waals surface area (Å²) in [5.41, 5.74) is 0. The number of nitrogens with zero attached hydrogens (tertiary/aromatic N) is 3. The third kappa shape index (κ3) is 2.54. The third-order valence-electron chi connectivity index (χ3n) is 2.33. The minimum Gasteiger partial charge on any atom is -0.385 e. The van der Waals surface area contributed by atoms with Crippen molar-refractivity contribution in [3.8, 4) is 0 Å². The van der Waals surface area contributed by atoms with E-state index in [1.54, 1.807) is 13.4 Å². The second kappa shape index (κ2) is 5.10. The monoisotopic (exact) mass is 197 g/mol. The Bertz CT molecular complexity index is 270. The fourth-order valence-corrected chi connectivity index (χ4v) is 1.43. The average Bonchev–Trinajstić information content (AvgIpc) is 2.62. The number of methoxy groups -OCH3 is 1. The van der Waals surface area contributed by atoms with Crippen molar-refractivity contribution in [1.29, 1.82) is 0 Å². The molecular formula is C10H19N3O. The maximum absolute atomic E-state index is 5.06. The van der Waals surface area contributed by atoms with Gasteiger partial charge in [0.1, 0.15) is 12.2 Å². The highest BCUT2D eigenvalue weighted by Crippen LogP contribution is 2.17. The molecule has 1 unspecified atom stereocenters. The molecule has 0 aliphatic heterocycles. The Labute approximate surface area is 85.3 Å². The normalized spacial score (nSPS) is 13.5. The van der Waals surface area contributed by atoms with E-state index in [4.69, 9.17) is 4.74 Å². The third-order valence-corrected chi connectivity index (χ3v) is 2.33. The summed E-state index contributed by atoms with van der Waals surface area (Å²) in [6.07, 6.45) is 2.80. The molecule has 1 rings (SSSR count). The Hall–Kier alpha value is -0.900. The van der Waals surface area contributed by atoms with Crippen molar-refractivity contribution in [2.75, 3.05) is 13.7 Å². The van der Waals surface area contributed by atoms with Gasteiger partial charge in [-0.05, 0) is 13.3 Å². The minimum absolute atomic E-state index is 0.405. The summed E-state index contributed by atoms with van der Waals surface area (Å²) < 4.78 is 7.19. The standard InChI is InChI=1S/C10H19N3O/c1-8(2)10-12-11-7-13(10)9(3)5-6-14-4/h7-9H,5-6H2,1-4H3. The molecule has 14 heavy (non-hydrogen) atoms. The molecule has 0 N–H and O–H groups in total. The van der Waals surface area contributed by atoms with Gasteiger partial charge in [0.2, 0.25) is 0 Å². The lowest BCUT2D eigenvalue weighted by atomic mass is 10.2. The molecule has 0 amide bonds. The summed E-state index contributed by atoms with van der Waals surface area (Å²) in [6.45, 7) is 7.19. The first-order valence-electron chi connectivity index (χ1n) is 5.05. The van der Waals surface area contributed by atoms with Crippen LogP contribution in [0, 0.1) is 0 Å². The zero-order valence-electron chi connectivity index (χ0n) is 9.40. The first-order valence-corrected chi connectivity index (χ1v) is 5.05. The number of aromatic nitrogens is 3. The van der Waals surface area contributed by atoms with Gasteiger partial charge in [-0.2, -0.15) is 0 Å². The smallest absolute Gasteiger partial charge is 0.135 e. The fourth-order valence-electron chi connectivity index (χ4n) is 1.43. The average molecular weight is 197 g/mol. The lowest BCUT2D eigenvalue weighted by Gasteiger charge is -2.16. The van der Waals surface area contributed by atoms with Crippen LogP contribution in [0.1, 0.15) is 45.0 Å². The van der Waals surface area contributed by atoms with E-state index in [-0.39, 0.29) is 0 Å². The number of ether oxygens (including phenoxy) is 1. The van der Waals surface area contributed by atoms with Gasteiger partial charge in [-0.1, -0.05) is 13.8 Å². The molecule has 1 heterocycles. The van der Waals surface area contributed by atoms with Crippen LogP contribution in [0.3, 0.4) is 0 Å². The Morgan fingerprint density at radius 1 is 1.43 bits per heavy atom. The van der Waals surface area contributed by atoms with Gasteiger partial charge >= 0.3 is 0 Å². The molecule has 4 nitrogen and oxygen atoms in total. The summed E-state index contributed by atoms with van der Waals surface area (Å²) in [7, 11) is 1.72. The predicted octanol–water partition coefficient (Wildman–Crippen LogP) is 2.00. The van der Waals surface area contributed by atoms with Crippen LogP contribution in [0.15, 0.2) is 6.33 Å². The first kappa shape index (κ1) is 11.2. The van der Waals surface area contributed by atoms with Crippen LogP contribution in [0.5, 0.6) is 0 Å². The van der Waals surface area contributed by atoms with Crippen LogP contribution in [0.25, 0.3) is 0 Å². The van der Waals surface area contributed by atoms with Crippen molar-refractivity contribution in [3.63, 3.8) is 0 Å². The topological polar surface area (TPSA) is 39.9 Å². The van der Waals surface area contributed by atoms with E-state index < -0.39 is 0 Å². The van der Waals surface area contributed by atoms with Crippen LogP contribution < -0.4 is 0 Å². The Morgan fingerprint density at radius 2 is 2.14 bits per heavy atom. The van der Waals surface area contributed by atoms with Gasteiger partial charge in [0.25, 0.3) is 0 Å². The lowest BCUT2D eigenvalue weighted by Crippen LogP contribution is -2.11. The fraction of sp³-hybridized carbons (Fsp3) is 0.800. The van der Waals surface area contributed by atoms with Crippen molar-refractivity contribution in [2.45, 2.75) is 39.2 Å². The second-order valence-electron chi connectivity index (χ2n) is 3.88.